The van der Waals surface area contributed by atoms with Gasteiger partial charge in [0.05, 0.1) is 0 Å². The first kappa shape index (κ1) is 17.7. The molecule has 4 rings (SSSR count). The zero-order chi connectivity index (χ0) is 18.8. The van der Waals surface area contributed by atoms with Crippen LogP contribution >= 0.6 is 0 Å². The minimum absolute atomic E-state index is 0.00619. The van der Waals surface area contributed by atoms with E-state index in [2.05, 4.69) is 37.3 Å². The largest absolute Gasteiger partial charge is 0.485 e. The first-order chi connectivity index (χ1) is 13.2. The van der Waals surface area contributed by atoms with E-state index in [0.717, 1.165) is 34.7 Å². The summed E-state index contributed by atoms with van der Waals surface area (Å²) in [6.07, 6.45) is 4.83. The van der Waals surface area contributed by atoms with Crippen molar-refractivity contribution < 1.29 is 13.5 Å². The van der Waals surface area contributed by atoms with Gasteiger partial charge in [0.1, 0.15) is 6.61 Å². The number of benzene rings is 3. The zero-order valence-electron chi connectivity index (χ0n) is 15.4. The molecule has 0 bridgehead atoms. The molecule has 1 heterocycles. The smallest absolute Gasteiger partial charge is 0.201 e. The predicted octanol–water partition coefficient (Wildman–Crippen LogP) is 6.92. The highest BCUT2D eigenvalue weighted by molar-refractivity contribution is 5.78. The van der Waals surface area contributed by atoms with Crippen LogP contribution in [0.25, 0.3) is 22.3 Å². The molecule has 0 aliphatic carbocycles. The number of hydrogen-bond acceptors (Lipinski definition) is 1. The molecule has 1 aliphatic rings. The topological polar surface area (TPSA) is 9.23 Å². The van der Waals surface area contributed by atoms with Gasteiger partial charge in [-0.05, 0) is 58.9 Å². The average molecular weight is 364 g/mol. The number of hydrogen-bond donors (Lipinski definition) is 0. The molecule has 0 fully saturated rings. The molecular formula is C24H22F2O. The number of aryl methyl sites for hydroxylation is 1. The Labute approximate surface area is 158 Å². The van der Waals surface area contributed by atoms with E-state index in [9.17, 15) is 8.78 Å². The first-order valence-electron chi connectivity index (χ1n) is 9.51. The lowest BCUT2D eigenvalue weighted by atomic mass is 9.92. The monoisotopic (exact) mass is 364 g/mol. The quantitative estimate of drug-likeness (QED) is 0.446. The van der Waals surface area contributed by atoms with E-state index in [1.54, 1.807) is 6.07 Å². The third kappa shape index (κ3) is 3.46. The Kier molecular flexibility index (Phi) is 4.93. The second-order valence-corrected chi connectivity index (χ2v) is 7.05. The van der Waals surface area contributed by atoms with Crippen molar-refractivity contribution in [2.75, 3.05) is 0 Å². The van der Waals surface area contributed by atoms with E-state index in [-0.39, 0.29) is 12.4 Å². The second kappa shape index (κ2) is 7.51. The molecule has 0 unspecified atom stereocenters. The summed E-state index contributed by atoms with van der Waals surface area (Å²) in [5.74, 6) is -1.79. The van der Waals surface area contributed by atoms with Gasteiger partial charge in [0.25, 0.3) is 0 Å². The van der Waals surface area contributed by atoms with Crippen LogP contribution in [0.3, 0.4) is 0 Å². The summed E-state index contributed by atoms with van der Waals surface area (Å²) in [4.78, 5) is 0. The molecule has 0 saturated heterocycles. The van der Waals surface area contributed by atoms with Crippen LogP contribution in [0.1, 0.15) is 37.3 Å². The molecule has 0 spiro atoms. The lowest BCUT2D eigenvalue weighted by molar-refractivity contribution is 0.281. The van der Waals surface area contributed by atoms with Gasteiger partial charge in [0.2, 0.25) is 5.82 Å². The van der Waals surface area contributed by atoms with Gasteiger partial charge in [-0.2, -0.15) is 4.39 Å². The summed E-state index contributed by atoms with van der Waals surface area (Å²) in [5.41, 5.74) is 6.10. The highest BCUT2D eigenvalue weighted by Gasteiger charge is 2.23. The van der Waals surface area contributed by atoms with Crippen LogP contribution in [0.2, 0.25) is 0 Å². The molecule has 0 aromatic heterocycles. The number of ether oxygens (including phenoxy) is 1. The van der Waals surface area contributed by atoms with Crippen molar-refractivity contribution in [3.05, 3.63) is 77.4 Å². The lowest BCUT2D eigenvalue weighted by Gasteiger charge is -2.22. The summed E-state index contributed by atoms with van der Waals surface area (Å²) < 4.78 is 32.9. The van der Waals surface area contributed by atoms with Crippen LogP contribution in [0.4, 0.5) is 8.78 Å². The van der Waals surface area contributed by atoms with Crippen molar-refractivity contribution in [3.63, 3.8) is 0 Å². The lowest BCUT2D eigenvalue weighted by Crippen LogP contribution is -2.08. The van der Waals surface area contributed by atoms with Gasteiger partial charge in [-0.15, -0.1) is 0 Å². The fraction of sp³-hybridized carbons (Fsp3) is 0.250. The Morgan fingerprint density at radius 1 is 0.852 bits per heavy atom. The number of halogens is 2. The Hall–Kier alpha value is -2.68. The molecule has 138 valence electrons. The molecule has 0 atom stereocenters. The Morgan fingerprint density at radius 3 is 2.37 bits per heavy atom. The average Bonchev–Trinajstić information content (AvgIpc) is 2.71. The van der Waals surface area contributed by atoms with Gasteiger partial charge < -0.3 is 4.74 Å². The standard InChI is InChI=1S/C24H22F2O/c1-2-3-4-5-16-6-8-17(9-7-16)18-10-11-20-19(14-18)15-27-24-21(20)12-13-22(25)23(24)26/h6-14H,2-5,15H2,1H3. The normalized spacial score (nSPS) is 12.3. The van der Waals surface area contributed by atoms with Crippen molar-refractivity contribution in [3.8, 4) is 28.0 Å². The summed E-state index contributed by atoms with van der Waals surface area (Å²) in [6, 6.07) is 17.5. The Bertz CT molecular complexity index is 961. The van der Waals surface area contributed by atoms with Crippen LogP contribution in [-0.4, -0.2) is 0 Å². The van der Waals surface area contributed by atoms with E-state index in [1.165, 1.54) is 24.8 Å². The highest BCUT2D eigenvalue weighted by Crippen LogP contribution is 2.41. The van der Waals surface area contributed by atoms with Gasteiger partial charge in [0, 0.05) is 5.56 Å². The molecular weight excluding hydrogens is 342 g/mol. The fourth-order valence-corrected chi connectivity index (χ4v) is 3.63. The molecule has 3 aromatic rings. The molecule has 3 aromatic carbocycles. The molecule has 1 nitrogen and oxygen atoms in total. The van der Waals surface area contributed by atoms with Crippen LogP contribution in [0.15, 0.2) is 54.6 Å². The van der Waals surface area contributed by atoms with E-state index >= 15 is 0 Å². The summed E-state index contributed by atoms with van der Waals surface area (Å²) >= 11 is 0. The van der Waals surface area contributed by atoms with Gasteiger partial charge in [0.15, 0.2) is 11.6 Å². The van der Waals surface area contributed by atoms with E-state index in [0.29, 0.717) is 5.56 Å². The number of rotatable bonds is 5. The number of fused-ring (bicyclic) bond motifs is 3. The molecule has 0 amide bonds. The van der Waals surface area contributed by atoms with E-state index in [1.807, 2.05) is 12.1 Å². The second-order valence-electron chi connectivity index (χ2n) is 7.05. The van der Waals surface area contributed by atoms with Gasteiger partial charge in [-0.3, -0.25) is 0 Å². The van der Waals surface area contributed by atoms with Gasteiger partial charge in [-0.25, -0.2) is 4.39 Å². The van der Waals surface area contributed by atoms with Gasteiger partial charge >= 0.3 is 0 Å². The van der Waals surface area contributed by atoms with Crippen molar-refractivity contribution >= 4 is 0 Å². The van der Waals surface area contributed by atoms with Crippen LogP contribution < -0.4 is 4.74 Å². The SMILES string of the molecule is CCCCCc1ccc(-c2ccc3c(c2)COc2c-3ccc(F)c2F)cc1. The molecule has 27 heavy (non-hydrogen) atoms. The van der Waals surface area contributed by atoms with Crippen molar-refractivity contribution in [1.29, 1.82) is 0 Å². The zero-order valence-corrected chi connectivity index (χ0v) is 15.4. The fourth-order valence-electron chi connectivity index (χ4n) is 3.63. The molecule has 0 radical (unpaired) electrons. The molecule has 0 N–H and O–H groups in total. The maximum Gasteiger partial charge on any atom is 0.201 e. The number of unbranched alkanes of at least 4 members (excludes halogenated alkanes) is 2. The van der Waals surface area contributed by atoms with Crippen molar-refractivity contribution in [1.82, 2.24) is 0 Å². The first-order valence-corrected chi connectivity index (χ1v) is 9.51. The minimum Gasteiger partial charge on any atom is -0.485 e. The van der Waals surface area contributed by atoms with Crippen LogP contribution in [-0.2, 0) is 13.0 Å². The summed E-state index contributed by atoms with van der Waals surface area (Å²) in [6.45, 7) is 2.46. The van der Waals surface area contributed by atoms with E-state index in [4.69, 9.17) is 4.74 Å². The maximum atomic E-state index is 14.0. The Morgan fingerprint density at radius 2 is 1.59 bits per heavy atom. The van der Waals surface area contributed by atoms with Crippen molar-refractivity contribution in [2.24, 2.45) is 0 Å². The van der Waals surface area contributed by atoms with Gasteiger partial charge in [-0.1, -0.05) is 56.2 Å². The van der Waals surface area contributed by atoms with Crippen molar-refractivity contribution in [2.45, 2.75) is 39.2 Å². The third-order valence-electron chi connectivity index (χ3n) is 5.17. The summed E-state index contributed by atoms with van der Waals surface area (Å²) in [7, 11) is 0. The Balaban J connectivity index is 1.61. The van der Waals surface area contributed by atoms with Crippen LogP contribution in [0, 0.1) is 11.6 Å². The predicted molar refractivity (Wildman–Crippen MR) is 105 cm³/mol. The highest BCUT2D eigenvalue weighted by atomic mass is 19.2. The molecule has 1 aliphatic heterocycles. The molecule has 0 saturated carbocycles. The third-order valence-corrected chi connectivity index (χ3v) is 5.17. The van der Waals surface area contributed by atoms with E-state index < -0.39 is 11.6 Å². The molecule has 3 heteroatoms. The van der Waals surface area contributed by atoms with Crippen LogP contribution in [0.5, 0.6) is 5.75 Å². The minimum atomic E-state index is -0.916. The summed E-state index contributed by atoms with van der Waals surface area (Å²) in [5, 5.41) is 0. The maximum absolute atomic E-state index is 14.0.